The Hall–Kier alpha value is -2.50. The minimum atomic E-state index is -0.287. The van der Waals surface area contributed by atoms with Gasteiger partial charge in [-0.15, -0.1) is 0 Å². The molecule has 1 aliphatic rings. The third-order valence-corrected chi connectivity index (χ3v) is 4.41. The normalized spacial score (nSPS) is 16.7. The van der Waals surface area contributed by atoms with Crippen molar-refractivity contribution in [3.05, 3.63) is 54.1 Å². The van der Waals surface area contributed by atoms with Crippen LogP contribution in [0, 0.1) is 11.7 Å². The van der Waals surface area contributed by atoms with Gasteiger partial charge in [-0.3, -0.25) is 4.79 Å². The number of halogens is 1. The van der Waals surface area contributed by atoms with Crippen molar-refractivity contribution in [1.29, 1.82) is 0 Å². The van der Waals surface area contributed by atoms with E-state index in [-0.39, 0.29) is 23.7 Å². The maximum absolute atomic E-state index is 13.3. The summed E-state index contributed by atoms with van der Waals surface area (Å²) in [4.78, 5) is 23.0. The van der Waals surface area contributed by atoms with Crippen LogP contribution in [0.15, 0.2) is 42.7 Å². The molecule has 24 heavy (non-hydrogen) atoms. The van der Waals surface area contributed by atoms with Crippen molar-refractivity contribution in [1.82, 2.24) is 15.3 Å². The van der Waals surface area contributed by atoms with E-state index in [0.29, 0.717) is 5.95 Å². The lowest BCUT2D eigenvalue weighted by Crippen LogP contribution is -2.41. The van der Waals surface area contributed by atoms with Crippen LogP contribution in [0.25, 0.3) is 0 Å². The van der Waals surface area contributed by atoms with Gasteiger partial charge in [0.15, 0.2) is 0 Å². The van der Waals surface area contributed by atoms with Gasteiger partial charge < -0.3 is 10.2 Å². The largest absolute Gasteiger partial charge is 0.349 e. The van der Waals surface area contributed by atoms with Crippen molar-refractivity contribution < 1.29 is 9.18 Å². The van der Waals surface area contributed by atoms with E-state index in [2.05, 4.69) is 20.2 Å². The molecule has 0 radical (unpaired) electrons. The lowest BCUT2D eigenvalue weighted by Gasteiger charge is -2.31. The monoisotopic (exact) mass is 328 g/mol. The molecule has 6 heteroatoms. The maximum Gasteiger partial charge on any atom is 0.225 e. The molecule has 0 aliphatic carbocycles. The van der Waals surface area contributed by atoms with Crippen LogP contribution in [0.2, 0.25) is 0 Å². The van der Waals surface area contributed by atoms with Crippen LogP contribution in [0.5, 0.6) is 0 Å². The maximum atomic E-state index is 13.3. The molecule has 1 N–H and O–H groups in total. The Morgan fingerprint density at radius 2 is 1.96 bits per heavy atom. The van der Waals surface area contributed by atoms with Crippen LogP contribution >= 0.6 is 0 Å². The number of aromatic nitrogens is 2. The topological polar surface area (TPSA) is 58.1 Å². The predicted octanol–water partition coefficient (Wildman–Crippen LogP) is 2.71. The number of hydrogen-bond acceptors (Lipinski definition) is 4. The van der Waals surface area contributed by atoms with Gasteiger partial charge in [-0.1, -0.05) is 12.1 Å². The summed E-state index contributed by atoms with van der Waals surface area (Å²) >= 11 is 0. The van der Waals surface area contributed by atoms with Crippen molar-refractivity contribution in [3.8, 4) is 0 Å². The molecule has 1 aliphatic heterocycles. The standard InChI is InChI=1S/C18H21FN4O/c1-13(15-4-2-5-16(19)12-15)22-17(24)14-6-10-23(11-7-14)18-20-8-3-9-21-18/h2-5,8-9,12-14H,6-7,10-11H2,1H3,(H,22,24)/t13-/m1/s1. The fourth-order valence-electron chi connectivity index (χ4n) is 2.99. The van der Waals surface area contributed by atoms with Crippen molar-refractivity contribution in [2.24, 2.45) is 5.92 Å². The zero-order chi connectivity index (χ0) is 16.9. The van der Waals surface area contributed by atoms with Crippen molar-refractivity contribution in [3.63, 3.8) is 0 Å². The number of carbonyl (C=O) groups is 1. The molecular formula is C18H21FN4O. The molecule has 0 bridgehead atoms. The zero-order valence-electron chi connectivity index (χ0n) is 13.7. The second-order valence-corrected chi connectivity index (χ2v) is 6.10. The lowest BCUT2D eigenvalue weighted by atomic mass is 9.95. The van der Waals surface area contributed by atoms with E-state index < -0.39 is 0 Å². The number of hydrogen-bond donors (Lipinski definition) is 1. The van der Waals surface area contributed by atoms with E-state index in [9.17, 15) is 9.18 Å². The summed E-state index contributed by atoms with van der Waals surface area (Å²) in [6.45, 7) is 3.40. The first-order chi connectivity index (χ1) is 11.6. The average Bonchev–Trinajstić information content (AvgIpc) is 2.62. The number of nitrogens with zero attached hydrogens (tertiary/aromatic N) is 3. The molecule has 1 aromatic heterocycles. The molecule has 0 unspecified atom stereocenters. The predicted molar refractivity (Wildman–Crippen MR) is 89.9 cm³/mol. The summed E-state index contributed by atoms with van der Waals surface area (Å²) in [5.41, 5.74) is 0.776. The van der Waals surface area contributed by atoms with E-state index in [0.717, 1.165) is 31.5 Å². The van der Waals surface area contributed by atoms with Gasteiger partial charge in [0.2, 0.25) is 11.9 Å². The van der Waals surface area contributed by atoms with E-state index in [4.69, 9.17) is 0 Å². The Kier molecular flexibility index (Phi) is 5.03. The first kappa shape index (κ1) is 16.4. The van der Waals surface area contributed by atoms with Gasteiger partial charge in [0.05, 0.1) is 6.04 Å². The second kappa shape index (κ2) is 7.38. The summed E-state index contributed by atoms with van der Waals surface area (Å²) in [7, 11) is 0. The molecule has 1 atom stereocenters. The highest BCUT2D eigenvalue weighted by Crippen LogP contribution is 2.22. The van der Waals surface area contributed by atoms with Crippen LogP contribution in [-0.2, 0) is 4.79 Å². The van der Waals surface area contributed by atoms with E-state index in [1.165, 1.54) is 12.1 Å². The molecule has 1 fully saturated rings. The first-order valence-corrected chi connectivity index (χ1v) is 8.21. The van der Waals surface area contributed by atoms with Gasteiger partial charge in [-0.2, -0.15) is 0 Å². The van der Waals surface area contributed by atoms with Gasteiger partial charge in [0.25, 0.3) is 0 Å². The smallest absolute Gasteiger partial charge is 0.225 e. The van der Waals surface area contributed by atoms with E-state index in [1.807, 2.05) is 13.0 Å². The number of anilines is 1. The van der Waals surface area contributed by atoms with Crippen molar-refractivity contribution >= 4 is 11.9 Å². The Morgan fingerprint density at radius 3 is 2.62 bits per heavy atom. The summed E-state index contributed by atoms with van der Waals surface area (Å²) in [5, 5.41) is 2.99. The Labute approximate surface area is 140 Å². The molecule has 1 aromatic carbocycles. The molecule has 0 spiro atoms. The minimum Gasteiger partial charge on any atom is -0.349 e. The van der Waals surface area contributed by atoms with Gasteiger partial charge in [-0.05, 0) is 43.5 Å². The van der Waals surface area contributed by atoms with Gasteiger partial charge in [0.1, 0.15) is 5.82 Å². The minimum absolute atomic E-state index is 0.0269. The lowest BCUT2D eigenvalue weighted by molar-refractivity contribution is -0.126. The highest BCUT2D eigenvalue weighted by atomic mass is 19.1. The van der Waals surface area contributed by atoms with Crippen LogP contribution in [0.4, 0.5) is 10.3 Å². The van der Waals surface area contributed by atoms with Crippen molar-refractivity contribution in [2.75, 3.05) is 18.0 Å². The summed E-state index contributed by atoms with van der Waals surface area (Å²) < 4.78 is 13.3. The molecule has 1 amide bonds. The van der Waals surface area contributed by atoms with Crippen LogP contribution in [0.1, 0.15) is 31.4 Å². The number of amides is 1. The van der Waals surface area contributed by atoms with Crippen LogP contribution in [0.3, 0.4) is 0 Å². The van der Waals surface area contributed by atoms with Crippen LogP contribution < -0.4 is 10.2 Å². The molecule has 2 aromatic rings. The molecule has 5 nitrogen and oxygen atoms in total. The number of carbonyl (C=O) groups excluding carboxylic acids is 1. The van der Waals surface area contributed by atoms with E-state index in [1.54, 1.807) is 24.5 Å². The Morgan fingerprint density at radius 1 is 1.25 bits per heavy atom. The van der Waals surface area contributed by atoms with Gasteiger partial charge in [-0.25, -0.2) is 14.4 Å². The third-order valence-electron chi connectivity index (χ3n) is 4.41. The van der Waals surface area contributed by atoms with Gasteiger partial charge >= 0.3 is 0 Å². The Balaban J connectivity index is 1.54. The number of rotatable bonds is 4. The Bertz CT molecular complexity index is 686. The fraction of sp³-hybridized carbons (Fsp3) is 0.389. The highest BCUT2D eigenvalue weighted by Gasteiger charge is 2.26. The quantitative estimate of drug-likeness (QED) is 0.937. The third kappa shape index (κ3) is 3.88. The molecular weight excluding hydrogens is 307 g/mol. The number of nitrogens with one attached hydrogen (secondary N) is 1. The zero-order valence-corrected chi connectivity index (χ0v) is 13.7. The molecule has 0 saturated carbocycles. The second-order valence-electron chi connectivity index (χ2n) is 6.10. The molecule has 1 saturated heterocycles. The number of benzene rings is 1. The fourth-order valence-corrected chi connectivity index (χ4v) is 2.99. The first-order valence-electron chi connectivity index (χ1n) is 8.21. The van der Waals surface area contributed by atoms with E-state index >= 15 is 0 Å². The van der Waals surface area contributed by atoms with Crippen molar-refractivity contribution in [2.45, 2.75) is 25.8 Å². The molecule has 2 heterocycles. The number of piperidine rings is 1. The van der Waals surface area contributed by atoms with Gasteiger partial charge in [0, 0.05) is 31.4 Å². The summed E-state index contributed by atoms with van der Waals surface area (Å²) in [5.74, 6) is 0.426. The average molecular weight is 328 g/mol. The van der Waals surface area contributed by atoms with Crippen LogP contribution in [-0.4, -0.2) is 29.0 Å². The summed E-state index contributed by atoms with van der Waals surface area (Å²) in [6.07, 6.45) is 4.98. The summed E-state index contributed by atoms with van der Waals surface area (Å²) in [6, 6.07) is 7.93. The highest BCUT2D eigenvalue weighted by molar-refractivity contribution is 5.79. The SMILES string of the molecule is C[C@@H](NC(=O)C1CCN(c2ncccn2)CC1)c1cccc(F)c1. The molecule has 3 rings (SSSR count). The molecule has 126 valence electrons.